The topological polar surface area (TPSA) is 54.9 Å². The third-order valence-corrected chi connectivity index (χ3v) is 3.28. The molecule has 7 heteroatoms. The van der Waals surface area contributed by atoms with E-state index in [0.29, 0.717) is 17.0 Å². The highest BCUT2D eigenvalue weighted by molar-refractivity contribution is 6.35. The number of nitrogens with one attached hydrogen (secondary N) is 1. The largest absolute Gasteiger partial charge is 0.306 e. The fraction of sp³-hybridized carbons (Fsp3) is 0. The molecule has 0 saturated heterocycles. The third-order valence-electron chi connectivity index (χ3n) is 2.80. The predicted molar refractivity (Wildman–Crippen MR) is 75.0 cm³/mol. The average molecular weight is 310 g/mol. The van der Waals surface area contributed by atoms with Gasteiger partial charge in [0, 0.05) is 17.3 Å². The van der Waals surface area contributed by atoms with E-state index in [-0.39, 0.29) is 21.8 Å². The lowest BCUT2D eigenvalue weighted by Crippen LogP contribution is -2.04. The molecule has 0 radical (unpaired) electrons. The van der Waals surface area contributed by atoms with E-state index >= 15 is 0 Å². The standard InChI is InChI=1S/C13H6Cl2FN3O/c14-9-2-1-7-8(13(20)19-12(7)18-9)5-6-3-4-17-11(15)10(6)16/h1-5H,(H,18,19,20). The van der Waals surface area contributed by atoms with E-state index in [4.69, 9.17) is 23.2 Å². The number of anilines is 1. The molecule has 1 N–H and O–H groups in total. The van der Waals surface area contributed by atoms with Gasteiger partial charge in [0.05, 0.1) is 5.57 Å². The van der Waals surface area contributed by atoms with E-state index in [1.165, 1.54) is 18.3 Å². The molecule has 0 unspecified atom stereocenters. The number of pyridine rings is 2. The molecule has 0 bridgehead atoms. The molecule has 0 spiro atoms. The normalized spacial score (nSPS) is 15.3. The second-order valence-electron chi connectivity index (χ2n) is 4.05. The van der Waals surface area contributed by atoms with Gasteiger partial charge in [-0.05, 0) is 24.3 Å². The Balaban J connectivity index is 2.14. The zero-order valence-electron chi connectivity index (χ0n) is 9.82. The number of amides is 1. The highest BCUT2D eigenvalue weighted by atomic mass is 35.5. The summed E-state index contributed by atoms with van der Waals surface area (Å²) in [5.74, 6) is -0.693. The first-order valence-electron chi connectivity index (χ1n) is 5.56. The van der Waals surface area contributed by atoms with Crippen molar-refractivity contribution in [2.45, 2.75) is 0 Å². The summed E-state index contributed by atoms with van der Waals surface area (Å²) in [6, 6.07) is 4.64. The van der Waals surface area contributed by atoms with Crippen LogP contribution in [-0.2, 0) is 4.79 Å². The summed E-state index contributed by atoms with van der Waals surface area (Å²) in [4.78, 5) is 19.5. The van der Waals surface area contributed by atoms with Crippen LogP contribution in [0, 0.1) is 5.82 Å². The summed E-state index contributed by atoms with van der Waals surface area (Å²) >= 11 is 11.4. The zero-order valence-corrected chi connectivity index (χ0v) is 11.3. The van der Waals surface area contributed by atoms with Crippen LogP contribution in [-0.4, -0.2) is 15.9 Å². The quantitative estimate of drug-likeness (QED) is 0.648. The minimum Gasteiger partial charge on any atom is -0.306 e. The van der Waals surface area contributed by atoms with Crippen LogP contribution in [0.1, 0.15) is 11.1 Å². The molecule has 0 saturated carbocycles. The van der Waals surface area contributed by atoms with Gasteiger partial charge in [0.2, 0.25) is 0 Å². The molecule has 4 nitrogen and oxygen atoms in total. The molecule has 1 aliphatic heterocycles. The molecule has 3 rings (SSSR count). The molecule has 1 aliphatic rings. The molecule has 20 heavy (non-hydrogen) atoms. The maximum absolute atomic E-state index is 13.8. The van der Waals surface area contributed by atoms with Crippen LogP contribution in [0.25, 0.3) is 11.6 Å². The summed E-state index contributed by atoms with van der Waals surface area (Å²) in [5, 5.41) is 2.59. The number of carbonyl (C=O) groups is 1. The van der Waals surface area contributed by atoms with Crippen LogP contribution in [0.15, 0.2) is 24.4 Å². The smallest absolute Gasteiger partial charge is 0.257 e. The van der Waals surface area contributed by atoms with Gasteiger partial charge in [-0.25, -0.2) is 14.4 Å². The second-order valence-corrected chi connectivity index (χ2v) is 4.79. The minimum absolute atomic E-state index is 0.179. The predicted octanol–water partition coefficient (Wildman–Crippen LogP) is 3.42. The number of halogens is 3. The summed E-state index contributed by atoms with van der Waals surface area (Å²) in [7, 11) is 0. The molecule has 100 valence electrons. The van der Waals surface area contributed by atoms with E-state index in [0.717, 1.165) is 0 Å². The molecule has 0 atom stereocenters. The Bertz CT molecular complexity index is 761. The maximum Gasteiger partial charge on any atom is 0.257 e. The van der Waals surface area contributed by atoms with Crippen LogP contribution in [0.2, 0.25) is 10.3 Å². The molecule has 2 aromatic rings. The summed E-state index contributed by atoms with van der Waals surface area (Å²) in [6.07, 6.45) is 2.77. The Hall–Kier alpha value is -1.98. The third kappa shape index (κ3) is 2.15. The lowest BCUT2D eigenvalue weighted by molar-refractivity contribution is -0.110. The van der Waals surface area contributed by atoms with E-state index < -0.39 is 5.82 Å². The number of nitrogens with zero attached hydrogens (tertiary/aromatic N) is 2. The van der Waals surface area contributed by atoms with E-state index in [9.17, 15) is 9.18 Å². The Morgan fingerprint density at radius 1 is 1.25 bits per heavy atom. The highest BCUT2D eigenvalue weighted by Crippen LogP contribution is 2.33. The summed E-state index contributed by atoms with van der Waals surface area (Å²) < 4.78 is 13.8. The van der Waals surface area contributed by atoms with Crippen molar-refractivity contribution in [2.24, 2.45) is 0 Å². The van der Waals surface area contributed by atoms with Crippen LogP contribution in [0.5, 0.6) is 0 Å². The molecular formula is C13H6Cl2FN3O. The van der Waals surface area contributed by atoms with Crippen LogP contribution in [0.4, 0.5) is 10.2 Å². The van der Waals surface area contributed by atoms with Crippen molar-refractivity contribution >= 4 is 46.6 Å². The summed E-state index contributed by atoms with van der Waals surface area (Å²) in [5.41, 5.74) is 1.04. The van der Waals surface area contributed by atoms with Crippen molar-refractivity contribution < 1.29 is 9.18 Å². The average Bonchev–Trinajstić information content (AvgIpc) is 2.70. The monoisotopic (exact) mass is 309 g/mol. The fourth-order valence-corrected chi connectivity index (χ4v) is 2.20. The number of fused-ring (bicyclic) bond motifs is 1. The highest BCUT2D eigenvalue weighted by Gasteiger charge is 2.26. The van der Waals surface area contributed by atoms with Crippen molar-refractivity contribution in [1.82, 2.24) is 9.97 Å². The Kier molecular flexibility index (Phi) is 3.16. The van der Waals surface area contributed by atoms with Crippen molar-refractivity contribution in [3.05, 3.63) is 51.6 Å². The van der Waals surface area contributed by atoms with Crippen molar-refractivity contribution in [1.29, 1.82) is 0 Å². The van der Waals surface area contributed by atoms with Gasteiger partial charge in [-0.15, -0.1) is 0 Å². The van der Waals surface area contributed by atoms with Crippen LogP contribution < -0.4 is 5.32 Å². The molecule has 0 fully saturated rings. The van der Waals surface area contributed by atoms with Crippen molar-refractivity contribution in [3.8, 4) is 0 Å². The van der Waals surface area contributed by atoms with Gasteiger partial charge in [-0.1, -0.05) is 23.2 Å². The molecule has 0 aliphatic carbocycles. The number of hydrogen-bond acceptors (Lipinski definition) is 3. The fourth-order valence-electron chi connectivity index (χ4n) is 1.89. The number of hydrogen-bond donors (Lipinski definition) is 1. The first kappa shape index (κ1) is 13.0. The number of rotatable bonds is 1. The second kappa shape index (κ2) is 4.85. The van der Waals surface area contributed by atoms with Gasteiger partial charge in [-0.3, -0.25) is 4.79 Å². The van der Waals surface area contributed by atoms with E-state index in [2.05, 4.69) is 15.3 Å². The van der Waals surface area contributed by atoms with Gasteiger partial charge in [0.25, 0.3) is 5.91 Å². The Labute approximate surface area is 123 Å². The van der Waals surface area contributed by atoms with E-state index in [1.54, 1.807) is 12.1 Å². The number of carbonyl (C=O) groups excluding carboxylic acids is 1. The zero-order chi connectivity index (χ0) is 14.3. The van der Waals surface area contributed by atoms with Gasteiger partial charge in [0.1, 0.15) is 11.0 Å². The lowest BCUT2D eigenvalue weighted by Gasteiger charge is -2.00. The van der Waals surface area contributed by atoms with Gasteiger partial charge < -0.3 is 5.32 Å². The minimum atomic E-state index is -0.676. The maximum atomic E-state index is 13.8. The lowest BCUT2D eigenvalue weighted by atomic mass is 10.1. The molecule has 3 heterocycles. The van der Waals surface area contributed by atoms with E-state index in [1.807, 2.05) is 0 Å². The number of aromatic nitrogens is 2. The van der Waals surface area contributed by atoms with Crippen molar-refractivity contribution in [2.75, 3.05) is 5.32 Å². The Morgan fingerprint density at radius 2 is 2.05 bits per heavy atom. The SMILES string of the molecule is O=C1Nc2nc(Cl)ccc2C1=Cc1ccnc(Cl)c1F. The molecule has 1 amide bonds. The molecule has 0 aromatic carbocycles. The van der Waals surface area contributed by atoms with Gasteiger partial charge in [-0.2, -0.15) is 0 Å². The van der Waals surface area contributed by atoms with Crippen molar-refractivity contribution in [3.63, 3.8) is 0 Å². The molecular weight excluding hydrogens is 304 g/mol. The summed E-state index contributed by atoms with van der Waals surface area (Å²) in [6.45, 7) is 0. The van der Waals surface area contributed by atoms with Gasteiger partial charge in [0.15, 0.2) is 11.0 Å². The van der Waals surface area contributed by atoms with Crippen LogP contribution in [0.3, 0.4) is 0 Å². The first-order valence-corrected chi connectivity index (χ1v) is 6.32. The molecule has 2 aromatic heterocycles. The van der Waals surface area contributed by atoms with Crippen LogP contribution >= 0.6 is 23.2 Å². The Morgan fingerprint density at radius 3 is 2.85 bits per heavy atom. The van der Waals surface area contributed by atoms with Gasteiger partial charge >= 0.3 is 0 Å². The first-order chi connectivity index (χ1) is 9.56.